The second-order valence-corrected chi connectivity index (χ2v) is 6.85. The third kappa shape index (κ3) is 3.14. The van der Waals surface area contributed by atoms with Gasteiger partial charge in [0.1, 0.15) is 6.61 Å². The number of ether oxygens (including phenoxy) is 1. The predicted octanol–water partition coefficient (Wildman–Crippen LogP) is 4.25. The Labute approximate surface area is 146 Å². The van der Waals surface area contributed by atoms with Crippen LogP contribution in [0.15, 0.2) is 42.6 Å². The van der Waals surface area contributed by atoms with Crippen molar-refractivity contribution in [3.05, 3.63) is 59.4 Å². The number of hydrogen-bond acceptors (Lipinski definition) is 4. The molecule has 4 rings (SSSR count). The van der Waals surface area contributed by atoms with E-state index >= 15 is 0 Å². The van der Waals surface area contributed by atoms with E-state index in [2.05, 4.69) is 18.9 Å². The van der Waals surface area contributed by atoms with E-state index in [-0.39, 0.29) is 18.6 Å². The van der Waals surface area contributed by atoms with E-state index in [9.17, 15) is 4.79 Å². The van der Waals surface area contributed by atoms with Gasteiger partial charge in [0.15, 0.2) is 5.65 Å². The van der Waals surface area contributed by atoms with Crippen LogP contribution in [0.25, 0.3) is 11.0 Å². The summed E-state index contributed by atoms with van der Waals surface area (Å²) in [6.07, 6.45) is 3.98. The molecule has 0 aliphatic heterocycles. The average molecular weight is 335 g/mol. The van der Waals surface area contributed by atoms with Gasteiger partial charge in [-0.1, -0.05) is 30.3 Å². The molecule has 0 bridgehead atoms. The monoisotopic (exact) mass is 335 g/mol. The summed E-state index contributed by atoms with van der Waals surface area (Å²) in [7, 11) is 0. The first kappa shape index (κ1) is 15.8. The molecular weight excluding hydrogens is 314 g/mol. The number of nitrogens with zero attached hydrogens (tertiary/aromatic N) is 3. The molecule has 5 heteroatoms. The van der Waals surface area contributed by atoms with Crippen LogP contribution in [0.3, 0.4) is 0 Å². The third-order valence-corrected chi connectivity index (χ3v) is 4.50. The molecule has 1 aliphatic carbocycles. The highest BCUT2D eigenvalue weighted by Crippen LogP contribution is 2.40. The second kappa shape index (κ2) is 6.31. The van der Waals surface area contributed by atoms with Crippen molar-refractivity contribution in [1.82, 2.24) is 14.8 Å². The number of pyridine rings is 1. The Bertz CT molecular complexity index is 911. The van der Waals surface area contributed by atoms with Gasteiger partial charge in [-0.25, -0.2) is 14.5 Å². The summed E-state index contributed by atoms with van der Waals surface area (Å²) in [6, 6.07) is 11.8. The lowest BCUT2D eigenvalue weighted by Crippen LogP contribution is -2.09. The molecule has 5 nitrogen and oxygen atoms in total. The second-order valence-electron chi connectivity index (χ2n) is 6.85. The third-order valence-electron chi connectivity index (χ3n) is 4.50. The molecule has 3 aromatic rings. The fourth-order valence-electron chi connectivity index (χ4n) is 2.97. The van der Waals surface area contributed by atoms with Crippen molar-refractivity contribution in [3.8, 4) is 0 Å². The van der Waals surface area contributed by atoms with Crippen molar-refractivity contribution in [3.63, 3.8) is 0 Å². The first-order chi connectivity index (χ1) is 12.1. The summed E-state index contributed by atoms with van der Waals surface area (Å²) in [5, 5.41) is 5.18. The molecule has 0 radical (unpaired) electrons. The van der Waals surface area contributed by atoms with Crippen molar-refractivity contribution in [2.24, 2.45) is 0 Å². The Morgan fingerprint density at radius 3 is 2.72 bits per heavy atom. The van der Waals surface area contributed by atoms with Gasteiger partial charge < -0.3 is 4.74 Å². The van der Waals surface area contributed by atoms with Crippen LogP contribution in [-0.2, 0) is 11.3 Å². The molecule has 1 aliphatic rings. The van der Waals surface area contributed by atoms with E-state index in [0.717, 1.165) is 35.1 Å². The van der Waals surface area contributed by atoms with Gasteiger partial charge in [0.2, 0.25) is 0 Å². The van der Waals surface area contributed by atoms with Crippen molar-refractivity contribution < 1.29 is 9.53 Å². The Hall–Kier alpha value is -2.69. The molecular formula is C20H21N3O2. The first-order valence-corrected chi connectivity index (χ1v) is 8.72. The maximum Gasteiger partial charge on any atom is 0.339 e. The van der Waals surface area contributed by atoms with Crippen molar-refractivity contribution in [2.75, 3.05) is 0 Å². The maximum absolute atomic E-state index is 12.7. The number of carbonyl (C=O) groups is 1. The topological polar surface area (TPSA) is 57.0 Å². The molecule has 2 heterocycles. The van der Waals surface area contributed by atoms with Gasteiger partial charge in [0, 0.05) is 17.7 Å². The summed E-state index contributed by atoms with van der Waals surface area (Å²) < 4.78 is 7.41. The standard InChI is InChI=1S/C20H21N3O2/c1-13(2)23-19-17(11-21-23)16(10-18(22-19)15-8-9-15)20(24)25-12-14-6-4-3-5-7-14/h3-7,10-11,13,15H,8-9,12H2,1-2H3. The van der Waals surface area contributed by atoms with Crippen molar-refractivity contribution in [2.45, 2.75) is 45.3 Å². The lowest BCUT2D eigenvalue weighted by molar-refractivity contribution is 0.0475. The van der Waals surface area contributed by atoms with E-state index in [1.165, 1.54) is 0 Å². The molecule has 0 unspecified atom stereocenters. The first-order valence-electron chi connectivity index (χ1n) is 8.72. The number of benzene rings is 1. The smallest absolute Gasteiger partial charge is 0.339 e. The average Bonchev–Trinajstić information content (AvgIpc) is 3.38. The number of aromatic nitrogens is 3. The summed E-state index contributed by atoms with van der Waals surface area (Å²) in [5.74, 6) is 0.141. The molecule has 1 aromatic carbocycles. The number of esters is 1. The molecule has 1 saturated carbocycles. The lowest BCUT2D eigenvalue weighted by atomic mass is 10.1. The van der Waals surface area contributed by atoms with Crippen LogP contribution in [0.5, 0.6) is 0 Å². The quantitative estimate of drug-likeness (QED) is 0.654. The van der Waals surface area contributed by atoms with Gasteiger partial charge in [0.25, 0.3) is 0 Å². The summed E-state index contributed by atoms with van der Waals surface area (Å²) in [4.78, 5) is 17.5. The van der Waals surface area contributed by atoms with Gasteiger partial charge >= 0.3 is 5.97 Å². The highest BCUT2D eigenvalue weighted by molar-refractivity contribution is 6.02. The Morgan fingerprint density at radius 1 is 1.28 bits per heavy atom. The van der Waals surface area contributed by atoms with E-state index < -0.39 is 0 Å². The predicted molar refractivity (Wildman–Crippen MR) is 95.4 cm³/mol. The molecule has 2 aromatic heterocycles. The molecule has 25 heavy (non-hydrogen) atoms. The van der Waals surface area contributed by atoms with E-state index in [0.29, 0.717) is 11.5 Å². The molecule has 0 atom stereocenters. The minimum absolute atomic E-state index is 0.188. The number of hydrogen-bond donors (Lipinski definition) is 0. The van der Waals surface area contributed by atoms with E-state index in [4.69, 9.17) is 9.72 Å². The minimum atomic E-state index is -0.318. The van der Waals surface area contributed by atoms with Crippen LogP contribution in [0.4, 0.5) is 0 Å². The Balaban J connectivity index is 1.68. The van der Waals surface area contributed by atoms with Crippen LogP contribution < -0.4 is 0 Å². The van der Waals surface area contributed by atoms with Crippen LogP contribution in [0.1, 0.15) is 60.3 Å². The Morgan fingerprint density at radius 2 is 2.04 bits per heavy atom. The highest BCUT2D eigenvalue weighted by Gasteiger charge is 2.28. The fraction of sp³-hybridized carbons (Fsp3) is 0.350. The van der Waals surface area contributed by atoms with E-state index in [1.54, 1.807) is 6.20 Å². The number of rotatable bonds is 5. The zero-order valence-electron chi connectivity index (χ0n) is 14.5. The molecule has 0 amide bonds. The number of fused-ring (bicyclic) bond motifs is 1. The lowest BCUT2D eigenvalue weighted by Gasteiger charge is -2.10. The molecule has 128 valence electrons. The van der Waals surface area contributed by atoms with Gasteiger partial charge in [-0.05, 0) is 38.3 Å². The summed E-state index contributed by atoms with van der Waals surface area (Å²) in [5.41, 5.74) is 3.28. The molecule has 0 spiro atoms. The van der Waals surface area contributed by atoms with Gasteiger partial charge in [-0.2, -0.15) is 5.10 Å². The van der Waals surface area contributed by atoms with Crippen LogP contribution in [0, 0.1) is 0 Å². The van der Waals surface area contributed by atoms with Crippen molar-refractivity contribution in [1.29, 1.82) is 0 Å². The maximum atomic E-state index is 12.7. The zero-order chi connectivity index (χ0) is 17.4. The summed E-state index contributed by atoms with van der Waals surface area (Å²) in [6.45, 7) is 4.39. The molecule has 1 fully saturated rings. The van der Waals surface area contributed by atoms with Gasteiger partial charge in [-0.3, -0.25) is 0 Å². The van der Waals surface area contributed by atoms with Gasteiger partial charge in [-0.15, -0.1) is 0 Å². The van der Waals surface area contributed by atoms with Crippen molar-refractivity contribution >= 4 is 17.0 Å². The van der Waals surface area contributed by atoms with Crippen LogP contribution in [0.2, 0.25) is 0 Å². The van der Waals surface area contributed by atoms with E-state index in [1.807, 2.05) is 41.1 Å². The van der Waals surface area contributed by atoms with Crippen LogP contribution in [-0.4, -0.2) is 20.7 Å². The number of carbonyl (C=O) groups excluding carboxylic acids is 1. The molecule has 0 saturated heterocycles. The summed E-state index contributed by atoms with van der Waals surface area (Å²) >= 11 is 0. The largest absolute Gasteiger partial charge is 0.457 e. The fourth-order valence-corrected chi connectivity index (χ4v) is 2.97. The minimum Gasteiger partial charge on any atom is -0.457 e. The SMILES string of the molecule is CC(C)n1ncc2c(C(=O)OCc3ccccc3)cc(C3CC3)nc21. The normalized spacial score (nSPS) is 14.2. The molecule has 0 N–H and O–H groups in total. The van der Waals surface area contributed by atoms with Gasteiger partial charge in [0.05, 0.1) is 17.1 Å². The zero-order valence-corrected chi connectivity index (χ0v) is 14.5. The van der Waals surface area contributed by atoms with Crippen LogP contribution >= 0.6 is 0 Å². The Kier molecular flexibility index (Phi) is 3.99. The highest BCUT2D eigenvalue weighted by atomic mass is 16.5.